The van der Waals surface area contributed by atoms with E-state index in [-0.39, 0.29) is 10.9 Å². The molecule has 0 radical (unpaired) electrons. The van der Waals surface area contributed by atoms with Crippen molar-refractivity contribution in [3.8, 4) is 5.69 Å². The Labute approximate surface area is 212 Å². The number of aromatic amines is 1. The fourth-order valence-electron chi connectivity index (χ4n) is 5.47. The molecular formula is C27H31F3N6O. The first kappa shape index (κ1) is 25.3. The first-order valence-electron chi connectivity index (χ1n) is 12.5. The van der Waals surface area contributed by atoms with Crippen molar-refractivity contribution in [2.45, 2.75) is 51.7 Å². The van der Waals surface area contributed by atoms with Gasteiger partial charge in [0.05, 0.1) is 5.56 Å². The van der Waals surface area contributed by atoms with Gasteiger partial charge in [0.15, 0.2) is 0 Å². The predicted molar refractivity (Wildman–Crippen MR) is 136 cm³/mol. The molecule has 10 heteroatoms. The number of fused-ring (bicyclic) bond motifs is 1. The average Bonchev–Trinajstić information content (AvgIpc) is 3.45. The number of piperidine rings is 1. The fraction of sp³-hybridized carbons (Fsp3) is 0.444. The molecule has 0 spiro atoms. The first-order chi connectivity index (χ1) is 17.4. The Balaban J connectivity index is 1.61. The van der Waals surface area contributed by atoms with Crippen molar-refractivity contribution in [3.63, 3.8) is 0 Å². The molecule has 4 aromatic rings. The number of aromatic nitrogens is 5. The third kappa shape index (κ3) is 4.70. The standard InChI is InChI=1S/C27H31F3N6O/c1-17-7-6-10-35(13-17)14-19-12-21-22(27(28,29)30)15-36(24(37)23(21)32-19)20-9-5-8-18(11-20)26(2,3)25-33-31-16-34(25)4/h5,8-9,11-12,15-17,32H,6-7,10,13-14H2,1-4H3/t17-/m0/s1. The molecular weight excluding hydrogens is 481 g/mol. The monoisotopic (exact) mass is 512 g/mol. The lowest BCUT2D eigenvalue weighted by Crippen LogP contribution is -2.33. The van der Waals surface area contributed by atoms with Crippen molar-refractivity contribution < 1.29 is 13.2 Å². The molecule has 37 heavy (non-hydrogen) atoms. The van der Waals surface area contributed by atoms with E-state index < -0.39 is 22.7 Å². The van der Waals surface area contributed by atoms with E-state index >= 15 is 0 Å². The zero-order valence-electron chi connectivity index (χ0n) is 21.4. The maximum atomic E-state index is 14.2. The maximum absolute atomic E-state index is 14.2. The van der Waals surface area contributed by atoms with Gasteiger partial charge in [0.2, 0.25) is 0 Å². The Morgan fingerprint density at radius 2 is 1.97 bits per heavy atom. The summed E-state index contributed by atoms with van der Waals surface area (Å²) in [6, 6.07) is 8.48. The quantitative estimate of drug-likeness (QED) is 0.408. The van der Waals surface area contributed by atoms with Gasteiger partial charge in [-0.25, -0.2) is 0 Å². The molecule has 4 heterocycles. The number of nitrogens with one attached hydrogen (secondary N) is 1. The number of pyridine rings is 1. The van der Waals surface area contributed by atoms with Crippen LogP contribution in [0.15, 0.2) is 47.7 Å². The summed E-state index contributed by atoms with van der Waals surface area (Å²) in [5.41, 5.74) is -0.217. The van der Waals surface area contributed by atoms with Crippen LogP contribution in [0.25, 0.3) is 16.6 Å². The van der Waals surface area contributed by atoms with Gasteiger partial charge in [-0.3, -0.25) is 14.3 Å². The SMILES string of the molecule is C[C@H]1CCCN(Cc2cc3c(C(F)(F)F)cn(-c4cccc(C(C)(C)c5nncn5C)c4)c(=O)c3[nH]2)C1. The van der Waals surface area contributed by atoms with Gasteiger partial charge in [0.1, 0.15) is 17.7 Å². The van der Waals surface area contributed by atoms with E-state index in [4.69, 9.17) is 0 Å². The van der Waals surface area contributed by atoms with Crippen molar-refractivity contribution in [2.24, 2.45) is 13.0 Å². The first-order valence-corrected chi connectivity index (χ1v) is 12.5. The lowest BCUT2D eigenvalue weighted by molar-refractivity contribution is -0.136. The molecule has 1 fully saturated rings. The van der Waals surface area contributed by atoms with E-state index in [1.165, 1.54) is 6.07 Å². The molecule has 196 valence electrons. The molecule has 3 aromatic heterocycles. The minimum absolute atomic E-state index is 0.0344. The summed E-state index contributed by atoms with van der Waals surface area (Å²) in [7, 11) is 1.84. The molecule has 1 aliphatic heterocycles. The van der Waals surface area contributed by atoms with E-state index in [0.717, 1.165) is 42.3 Å². The van der Waals surface area contributed by atoms with Crippen LogP contribution in [0.2, 0.25) is 0 Å². The van der Waals surface area contributed by atoms with E-state index in [2.05, 4.69) is 27.0 Å². The second-order valence-electron chi connectivity index (χ2n) is 10.7. The summed E-state index contributed by atoms with van der Waals surface area (Å²) >= 11 is 0. The second kappa shape index (κ2) is 9.16. The highest BCUT2D eigenvalue weighted by Gasteiger charge is 2.35. The Morgan fingerprint density at radius 1 is 1.19 bits per heavy atom. The molecule has 0 unspecified atom stereocenters. The lowest BCUT2D eigenvalue weighted by Gasteiger charge is -2.30. The molecule has 1 atom stereocenters. The van der Waals surface area contributed by atoms with Gasteiger partial charge >= 0.3 is 6.18 Å². The van der Waals surface area contributed by atoms with Gasteiger partial charge in [-0.1, -0.05) is 19.1 Å². The minimum atomic E-state index is -4.62. The zero-order chi connectivity index (χ0) is 26.5. The highest BCUT2D eigenvalue weighted by molar-refractivity contribution is 5.84. The van der Waals surface area contributed by atoms with E-state index in [0.29, 0.717) is 29.7 Å². The number of rotatable bonds is 5. The van der Waals surface area contributed by atoms with E-state index in [9.17, 15) is 18.0 Å². The summed E-state index contributed by atoms with van der Waals surface area (Å²) in [5, 5.41) is 8.07. The molecule has 1 aromatic carbocycles. The average molecular weight is 513 g/mol. The van der Waals surface area contributed by atoms with Crippen LogP contribution in [0, 0.1) is 5.92 Å². The van der Waals surface area contributed by atoms with Crippen molar-refractivity contribution in [2.75, 3.05) is 13.1 Å². The van der Waals surface area contributed by atoms with Crippen LogP contribution in [0.3, 0.4) is 0 Å². The second-order valence-corrected chi connectivity index (χ2v) is 10.7. The molecule has 1 N–H and O–H groups in total. The van der Waals surface area contributed by atoms with Gasteiger partial charge in [0.25, 0.3) is 5.56 Å². The number of nitrogens with zero attached hydrogens (tertiary/aromatic N) is 5. The van der Waals surface area contributed by atoms with Gasteiger partial charge < -0.3 is 9.55 Å². The van der Waals surface area contributed by atoms with Crippen molar-refractivity contribution >= 4 is 10.9 Å². The van der Waals surface area contributed by atoms with Crippen molar-refractivity contribution in [1.29, 1.82) is 0 Å². The van der Waals surface area contributed by atoms with Crippen LogP contribution >= 0.6 is 0 Å². The highest BCUT2D eigenvalue weighted by atomic mass is 19.4. The number of hydrogen-bond acceptors (Lipinski definition) is 4. The van der Waals surface area contributed by atoms with Crippen molar-refractivity contribution in [3.05, 3.63) is 75.9 Å². The topological polar surface area (TPSA) is 71.7 Å². The summed E-state index contributed by atoms with van der Waals surface area (Å²) in [6.07, 6.45) is 0.103. The number of hydrogen-bond donors (Lipinski definition) is 1. The van der Waals surface area contributed by atoms with Crippen molar-refractivity contribution in [1.82, 2.24) is 29.2 Å². The van der Waals surface area contributed by atoms with Gasteiger partial charge in [-0.2, -0.15) is 13.2 Å². The van der Waals surface area contributed by atoms with Crippen LogP contribution in [0.5, 0.6) is 0 Å². The Hall–Kier alpha value is -3.40. The van der Waals surface area contributed by atoms with Crippen LogP contribution in [-0.2, 0) is 25.2 Å². The largest absolute Gasteiger partial charge is 0.418 e. The molecule has 7 nitrogen and oxygen atoms in total. The third-order valence-corrected chi connectivity index (χ3v) is 7.41. The minimum Gasteiger partial charge on any atom is -0.353 e. The van der Waals surface area contributed by atoms with E-state index in [1.54, 1.807) is 29.1 Å². The Bertz CT molecular complexity index is 1500. The number of aryl methyl sites for hydroxylation is 1. The molecule has 0 bridgehead atoms. The number of H-pyrrole nitrogens is 1. The third-order valence-electron chi connectivity index (χ3n) is 7.41. The van der Waals surface area contributed by atoms with Crippen LogP contribution in [-0.4, -0.2) is 42.3 Å². The lowest BCUT2D eigenvalue weighted by atomic mass is 9.83. The number of benzene rings is 1. The normalized spacial score (nSPS) is 17.5. The van der Waals surface area contributed by atoms with Crippen LogP contribution in [0.1, 0.15) is 56.3 Å². The Morgan fingerprint density at radius 3 is 2.65 bits per heavy atom. The Kier molecular flexibility index (Phi) is 6.26. The molecule has 5 rings (SSSR count). The summed E-state index contributed by atoms with van der Waals surface area (Å²) < 4.78 is 45.5. The predicted octanol–water partition coefficient (Wildman–Crippen LogP) is 5.02. The maximum Gasteiger partial charge on any atom is 0.418 e. The summed E-state index contributed by atoms with van der Waals surface area (Å²) in [6.45, 7) is 8.36. The molecule has 0 saturated carbocycles. The number of alkyl halides is 3. The molecule has 0 amide bonds. The van der Waals surface area contributed by atoms with Crippen LogP contribution in [0.4, 0.5) is 13.2 Å². The van der Waals surface area contributed by atoms with E-state index in [1.807, 2.05) is 27.0 Å². The number of likely N-dealkylation sites (tertiary alicyclic amines) is 1. The molecule has 1 aliphatic rings. The summed E-state index contributed by atoms with van der Waals surface area (Å²) in [4.78, 5) is 18.8. The molecule has 0 aliphatic carbocycles. The van der Waals surface area contributed by atoms with Gasteiger partial charge in [-0.15, -0.1) is 10.2 Å². The summed E-state index contributed by atoms with van der Waals surface area (Å²) in [5.74, 6) is 1.24. The fourth-order valence-corrected chi connectivity index (χ4v) is 5.47. The number of halogens is 3. The van der Waals surface area contributed by atoms with Crippen LogP contribution < -0.4 is 5.56 Å². The van der Waals surface area contributed by atoms with Gasteiger partial charge in [0, 0.05) is 48.5 Å². The zero-order valence-corrected chi connectivity index (χ0v) is 21.4. The smallest absolute Gasteiger partial charge is 0.353 e. The molecule has 1 saturated heterocycles. The van der Waals surface area contributed by atoms with Gasteiger partial charge in [-0.05, 0) is 62.9 Å². The highest BCUT2D eigenvalue weighted by Crippen LogP contribution is 2.36.